The SMILES string of the molecule is Cc1cc(C)cc(-n2c(-c3cc(C(C)(C)C)cc4c3[n-]c3ccc(C(C)(C)C)cc34)nc3c(-c4cc(-c5ccccc5)c5cccc(O)c5n4)cccc32)c1.[Pt]. The standard InChI is InChI=1S/C50H45N4O.Pt/c1-29-22-30(2)24-34(23-29)54-43-18-12-17-36(42-28-37(31-14-10-9-11-15-31)35-16-13-19-44(55)47(35)52-42)46(43)53-48(54)40-27-33(50(6,7)8)26-39-38-25-32(49(3,4)5)20-21-41(38)51-45(39)40;/h9-28H,1-8H3,(H-,51,52,53,55);/q-1;. The molecular formula is C50H45N4OPt-. The molecule has 3 aromatic heterocycles. The molecular weight excluding hydrogens is 868 g/mol. The second-order valence-corrected chi connectivity index (χ2v) is 17.1. The first-order valence-electron chi connectivity index (χ1n) is 19.1. The van der Waals surface area contributed by atoms with Crippen LogP contribution in [0.5, 0.6) is 5.75 Å². The molecule has 0 aliphatic heterocycles. The third-order valence-electron chi connectivity index (χ3n) is 10.9. The fourth-order valence-electron chi connectivity index (χ4n) is 8.06. The summed E-state index contributed by atoms with van der Waals surface area (Å²) in [6.45, 7) is 17.9. The first-order valence-corrected chi connectivity index (χ1v) is 19.1. The largest absolute Gasteiger partial charge is 0.656 e. The van der Waals surface area contributed by atoms with Crippen LogP contribution in [0.2, 0.25) is 0 Å². The molecule has 0 saturated heterocycles. The van der Waals surface area contributed by atoms with Crippen molar-refractivity contribution in [2.45, 2.75) is 66.2 Å². The van der Waals surface area contributed by atoms with Crippen molar-refractivity contribution in [1.82, 2.24) is 19.5 Å². The van der Waals surface area contributed by atoms with E-state index in [-0.39, 0.29) is 37.6 Å². The number of nitrogens with zero attached hydrogens (tertiary/aromatic N) is 4. The van der Waals surface area contributed by atoms with Gasteiger partial charge in [0, 0.05) is 43.3 Å². The Kier molecular flexibility index (Phi) is 9.09. The summed E-state index contributed by atoms with van der Waals surface area (Å²) in [6, 6.07) is 42.4. The van der Waals surface area contributed by atoms with Gasteiger partial charge in [-0.25, -0.2) is 9.97 Å². The Balaban J connectivity index is 0.00000441. The van der Waals surface area contributed by atoms with Gasteiger partial charge in [-0.15, -0.1) is 11.0 Å². The number of imidazole rings is 1. The first-order chi connectivity index (χ1) is 26.2. The van der Waals surface area contributed by atoms with Crippen molar-refractivity contribution in [2.24, 2.45) is 0 Å². The third-order valence-corrected chi connectivity index (χ3v) is 10.9. The molecule has 0 fully saturated rings. The fourth-order valence-corrected chi connectivity index (χ4v) is 8.06. The van der Waals surface area contributed by atoms with Crippen LogP contribution in [0.25, 0.3) is 83.2 Å². The number of benzene rings is 6. The Bertz CT molecular complexity index is 2960. The summed E-state index contributed by atoms with van der Waals surface area (Å²) < 4.78 is 2.30. The number of hydrogen-bond acceptors (Lipinski definition) is 3. The van der Waals surface area contributed by atoms with Crippen LogP contribution in [0.4, 0.5) is 0 Å². The molecule has 282 valence electrons. The van der Waals surface area contributed by atoms with Gasteiger partial charge in [0.1, 0.15) is 17.1 Å². The number of pyridine rings is 1. The number of rotatable bonds is 4. The molecule has 9 aromatic rings. The molecule has 56 heavy (non-hydrogen) atoms. The minimum absolute atomic E-state index is 0. The van der Waals surface area contributed by atoms with E-state index in [9.17, 15) is 5.11 Å². The quantitative estimate of drug-likeness (QED) is 0.191. The average Bonchev–Trinajstić information content (AvgIpc) is 3.72. The van der Waals surface area contributed by atoms with E-state index in [0.29, 0.717) is 5.52 Å². The number of aromatic hydroxyl groups is 1. The maximum Gasteiger partial charge on any atom is 0.144 e. The second kappa shape index (κ2) is 13.6. The minimum atomic E-state index is -0.124. The second-order valence-electron chi connectivity index (χ2n) is 17.1. The molecule has 6 heteroatoms. The average molecular weight is 913 g/mol. The van der Waals surface area contributed by atoms with E-state index in [0.717, 1.165) is 77.7 Å². The van der Waals surface area contributed by atoms with Crippen molar-refractivity contribution in [1.29, 1.82) is 0 Å². The number of aromatic nitrogens is 4. The Labute approximate surface area is 342 Å². The Morgan fingerprint density at radius 2 is 1.27 bits per heavy atom. The fraction of sp³-hybridized carbons (Fsp3) is 0.200. The van der Waals surface area contributed by atoms with Crippen LogP contribution in [0.3, 0.4) is 0 Å². The normalized spacial score (nSPS) is 12.2. The van der Waals surface area contributed by atoms with Crippen molar-refractivity contribution >= 4 is 43.7 Å². The molecule has 0 bridgehead atoms. The van der Waals surface area contributed by atoms with Gasteiger partial charge in [0.2, 0.25) is 0 Å². The molecule has 6 aromatic carbocycles. The summed E-state index contributed by atoms with van der Waals surface area (Å²) in [6.07, 6.45) is 0. The number of phenolic OH excluding ortho intramolecular Hbond substituents is 1. The monoisotopic (exact) mass is 912 g/mol. The molecule has 9 rings (SSSR count). The number of phenols is 1. The maximum absolute atomic E-state index is 11.1. The van der Waals surface area contributed by atoms with Crippen molar-refractivity contribution < 1.29 is 26.2 Å². The summed E-state index contributed by atoms with van der Waals surface area (Å²) in [4.78, 5) is 16.1. The van der Waals surface area contributed by atoms with E-state index in [1.807, 2.05) is 30.3 Å². The van der Waals surface area contributed by atoms with E-state index in [1.165, 1.54) is 22.3 Å². The van der Waals surface area contributed by atoms with E-state index in [2.05, 4.69) is 145 Å². The van der Waals surface area contributed by atoms with Gasteiger partial charge in [0.15, 0.2) is 0 Å². The molecule has 0 aliphatic rings. The molecule has 3 heterocycles. The van der Waals surface area contributed by atoms with Gasteiger partial charge < -0.3 is 10.1 Å². The van der Waals surface area contributed by atoms with Gasteiger partial charge in [-0.05, 0) is 105 Å². The van der Waals surface area contributed by atoms with Gasteiger partial charge in [-0.2, -0.15) is 0 Å². The molecule has 0 amide bonds. The molecule has 0 atom stereocenters. The van der Waals surface area contributed by atoms with Crippen LogP contribution >= 0.6 is 0 Å². The summed E-state index contributed by atoms with van der Waals surface area (Å²) in [7, 11) is 0. The predicted octanol–water partition coefficient (Wildman–Crippen LogP) is 12.8. The van der Waals surface area contributed by atoms with Gasteiger partial charge in [-0.1, -0.05) is 126 Å². The van der Waals surface area contributed by atoms with Gasteiger partial charge in [0.05, 0.1) is 16.7 Å². The minimum Gasteiger partial charge on any atom is -0.656 e. The smallest absolute Gasteiger partial charge is 0.144 e. The van der Waals surface area contributed by atoms with Gasteiger partial charge in [0.25, 0.3) is 0 Å². The molecule has 0 saturated carbocycles. The summed E-state index contributed by atoms with van der Waals surface area (Å²) in [5.41, 5.74) is 14.8. The van der Waals surface area contributed by atoms with Crippen LogP contribution in [-0.4, -0.2) is 19.6 Å². The first kappa shape index (κ1) is 37.4. The predicted molar refractivity (Wildman–Crippen MR) is 230 cm³/mol. The zero-order valence-electron chi connectivity index (χ0n) is 33.1. The summed E-state index contributed by atoms with van der Waals surface area (Å²) in [5, 5.41) is 14.4. The third kappa shape index (κ3) is 6.32. The van der Waals surface area contributed by atoms with E-state index < -0.39 is 0 Å². The zero-order valence-corrected chi connectivity index (χ0v) is 35.4. The van der Waals surface area contributed by atoms with Crippen LogP contribution in [0.1, 0.15) is 63.8 Å². The number of hydrogen-bond donors (Lipinski definition) is 1. The Morgan fingerprint density at radius 3 is 1.98 bits per heavy atom. The van der Waals surface area contributed by atoms with Crippen LogP contribution in [0.15, 0.2) is 121 Å². The van der Waals surface area contributed by atoms with Gasteiger partial charge >= 0.3 is 0 Å². The summed E-state index contributed by atoms with van der Waals surface area (Å²) >= 11 is 0. The van der Waals surface area contributed by atoms with Crippen molar-refractivity contribution in [3.05, 3.63) is 144 Å². The number of para-hydroxylation sites is 2. The zero-order chi connectivity index (χ0) is 38.4. The van der Waals surface area contributed by atoms with Crippen molar-refractivity contribution in [3.63, 3.8) is 0 Å². The Morgan fingerprint density at radius 1 is 0.571 bits per heavy atom. The molecule has 5 nitrogen and oxygen atoms in total. The van der Waals surface area contributed by atoms with Crippen LogP contribution in [0, 0.1) is 13.8 Å². The molecule has 0 unspecified atom stereocenters. The molecule has 1 N–H and O–H groups in total. The van der Waals surface area contributed by atoms with Crippen LogP contribution < -0.4 is 4.98 Å². The molecule has 0 aliphatic carbocycles. The van der Waals surface area contributed by atoms with E-state index >= 15 is 0 Å². The number of fused-ring (bicyclic) bond motifs is 5. The van der Waals surface area contributed by atoms with E-state index in [1.54, 1.807) is 6.07 Å². The van der Waals surface area contributed by atoms with Gasteiger partial charge in [-0.3, -0.25) is 4.57 Å². The summed E-state index contributed by atoms with van der Waals surface area (Å²) in [5.74, 6) is 0.977. The molecule has 0 spiro atoms. The molecule has 0 radical (unpaired) electrons. The van der Waals surface area contributed by atoms with Crippen LogP contribution in [-0.2, 0) is 31.9 Å². The topological polar surface area (TPSA) is 65.0 Å². The van der Waals surface area contributed by atoms with Crippen molar-refractivity contribution in [2.75, 3.05) is 0 Å². The van der Waals surface area contributed by atoms with Crippen molar-refractivity contribution in [3.8, 4) is 45.2 Å². The Hall–Kier alpha value is -5.51. The van der Waals surface area contributed by atoms with E-state index in [4.69, 9.17) is 15.0 Å². The maximum atomic E-state index is 11.1. The number of aryl methyl sites for hydroxylation is 2.